The van der Waals surface area contributed by atoms with Gasteiger partial charge in [-0.1, -0.05) is 35.4 Å². The van der Waals surface area contributed by atoms with E-state index in [1.807, 2.05) is 13.8 Å². The first-order chi connectivity index (χ1) is 19.9. The van der Waals surface area contributed by atoms with Gasteiger partial charge in [0, 0.05) is 26.0 Å². The molecule has 2 aromatic heterocycles. The molecule has 0 aliphatic rings. The molecule has 4 aromatic rings. The topological polar surface area (TPSA) is 136 Å². The van der Waals surface area contributed by atoms with Gasteiger partial charge < -0.3 is 4.74 Å². The Labute approximate surface area is 255 Å². The lowest BCUT2D eigenvalue weighted by atomic mass is 10.2. The molecular weight excluding hydrogens is 592 g/mol. The van der Waals surface area contributed by atoms with E-state index in [-0.39, 0.29) is 9.79 Å². The molecule has 0 unspecified atom stereocenters. The standard InChI is InChI=1S/C16H28N4O.2C7H8O3S/c1-13-11-15(3)19(17(13)5)7-9-21-10-8-20-16(4)12-14(2)18(20)6;2*1-6-2-4-7(5-3-6)11(8,9)10/h11-12H,7-10H2,1-6H3;2*2-5H,1H3,(H,8,9,10)/q+2;;. The van der Waals surface area contributed by atoms with Gasteiger partial charge in [0.2, 0.25) is 11.4 Å². The summed E-state index contributed by atoms with van der Waals surface area (Å²) in [5.41, 5.74) is 7.02. The molecule has 0 saturated heterocycles. The van der Waals surface area contributed by atoms with E-state index in [1.165, 1.54) is 47.0 Å². The fourth-order valence-electron chi connectivity index (χ4n) is 4.27. The van der Waals surface area contributed by atoms with Crippen molar-refractivity contribution in [3.63, 3.8) is 0 Å². The Kier molecular flexibility index (Phi) is 12.8. The molecule has 0 aliphatic heterocycles. The smallest absolute Gasteiger partial charge is 0.294 e. The SMILES string of the molecule is Cc1cc(C)[n+](C)n1CCOCCn1c(C)cc(C)[n+]1C.Cc1ccc(S(=O)(=O)O)cc1.Cc1ccc(S(=O)(=O)O)cc1. The van der Waals surface area contributed by atoms with E-state index in [0.717, 1.165) is 37.4 Å². The van der Waals surface area contributed by atoms with Crippen LogP contribution in [0.15, 0.2) is 70.5 Å². The van der Waals surface area contributed by atoms with E-state index < -0.39 is 20.2 Å². The average molecular weight is 637 g/mol. The zero-order chi connectivity index (χ0) is 32.5. The first-order valence-corrected chi connectivity index (χ1v) is 16.5. The fourth-order valence-corrected chi connectivity index (χ4v) is 5.23. The number of nitrogens with zero attached hydrogens (tertiary/aromatic N) is 4. The van der Waals surface area contributed by atoms with Crippen molar-refractivity contribution in [3.05, 3.63) is 94.6 Å². The van der Waals surface area contributed by atoms with Crippen molar-refractivity contribution in [1.82, 2.24) is 9.36 Å². The van der Waals surface area contributed by atoms with Crippen LogP contribution in [0.2, 0.25) is 0 Å². The van der Waals surface area contributed by atoms with Crippen molar-refractivity contribution in [2.45, 2.75) is 64.4 Å². The van der Waals surface area contributed by atoms with Crippen molar-refractivity contribution >= 4 is 20.2 Å². The number of ether oxygens (including phenoxy) is 1. The molecule has 0 fully saturated rings. The lowest BCUT2D eigenvalue weighted by Gasteiger charge is -2.06. The fraction of sp³-hybridized carbons (Fsp3) is 0.400. The minimum atomic E-state index is -4.02. The van der Waals surface area contributed by atoms with Crippen molar-refractivity contribution in [3.8, 4) is 0 Å². The van der Waals surface area contributed by atoms with E-state index in [0.29, 0.717) is 0 Å². The molecule has 0 amide bonds. The van der Waals surface area contributed by atoms with E-state index in [4.69, 9.17) is 13.8 Å². The second-order valence-corrected chi connectivity index (χ2v) is 13.2. The van der Waals surface area contributed by atoms with Crippen molar-refractivity contribution in [2.24, 2.45) is 14.1 Å². The zero-order valence-corrected chi connectivity index (χ0v) is 27.8. The van der Waals surface area contributed by atoms with Crippen LogP contribution in [0.5, 0.6) is 0 Å². The van der Waals surface area contributed by atoms with Crippen LogP contribution in [-0.2, 0) is 52.2 Å². The number of hydrogen-bond donors (Lipinski definition) is 2. The van der Waals surface area contributed by atoms with Crippen molar-refractivity contribution < 1.29 is 40.0 Å². The summed E-state index contributed by atoms with van der Waals surface area (Å²) < 4.78 is 73.8. The maximum absolute atomic E-state index is 10.5. The summed E-state index contributed by atoms with van der Waals surface area (Å²) in [6, 6.07) is 16.4. The van der Waals surface area contributed by atoms with Gasteiger partial charge in [0.05, 0.1) is 34.4 Å². The second kappa shape index (κ2) is 15.4. The quantitative estimate of drug-likeness (QED) is 0.172. The van der Waals surface area contributed by atoms with Crippen LogP contribution < -0.4 is 9.36 Å². The Hall–Kier alpha value is -3.36. The maximum atomic E-state index is 10.5. The Bertz CT molecular complexity index is 1580. The molecule has 0 atom stereocenters. The first-order valence-electron chi connectivity index (χ1n) is 13.6. The molecule has 0 radical (unpaired) electrons. The zero-order valence-electron chi connectivity index (χ0n) is 26.1. The van der Waals surface area contributed by atoms with Crippen LogP contribution >= 0.6 is 0 Å². The Morgan fingerprint density at radius 3 is 1.14 bits per heavy atom. The highest BCUT2D eigenvalue weighted by Crippen LogP contribution is 2.09. The Morgan fingerprint density at radius 2 is 0.907 bits per heavy atom. The van der Waals surface area contributed by atoms with Crippen molar-refractivity contribution in [1.29, 1.82) is 0 Å². The van der Waals surface area contributed by atoms with E-state index in [2.05, 4.69) is 72.7 Å². The van der Waals surface area contributed by atoms with Gasteiger partial charge in [-0.25, -0.2) is 0 Å². The lowest BCUT2D eigenvalue weighted by Crippen LogP contribution is -2.43. The summed E-state index contributed by atoms with van der Waals surface area (Å²) in [5.74, 6) is 0. The third-order valence-corrected chi connectivity index (χ3v) is 8.66. The van der Waals surface area contributed by atoms with Gasteiger partial charge in [0.15, 0.2) is 14.1 Å². The summed E-state index contributed by atoms with van der Waals surface area (Å²) in [5, 5.41) is 0. The molecule has 0 spiro atoms. The molecule has 13 heteroatoms. The molecule has 2 N–H and O–H groups in total. The summed E-state index contributed by atoms with van der Waals surface area (Å²) >= 11 is 0. The van der Waals surface area contributed by atoms with E-state index >= 15 is 0 Å². The normalized spacial score (nSPS) is 11.4. The average Bonchev–Trinajstić information content (AvgIpc) is 3.30. The van der Waals surface area contributed by atoms with Gasteiger partial charge in [0.25, 0.3) is 20.2 Å². The molecule has 2 aromatic carbocycles. The minimum absolute atomic E-state index is 0.0666. The molecule has 11 nitrogen and oxygen atoms in total. The largest absolute Gasteiger partial charge is 0.377 e. The summed E-state index contributed by atoms with van der Waals surface area (Å²) in [6.07, 6.45) is 0. The molecule has 2 heterocycles. The first kappa shape index (κ1) is 35.8. The predicted molar refractivity (Wildman–Crippen MR) is 163 cm³/mol. The van der Waals surface area contributed by atoms with Crippen LogP contribution in [0.4, 0.5) is 0 Å². The van der Waals surface area contributed by atoms with Gasteiger partial charge in [-0.3, -0.25) is 9.11 Å². The number of benzene rings is 2. The van der Waals surface area contributed by atoms with Gasteiger partial charge in [-0.05, 0) is 52.0 Å². The number of aryl methyl sites for hydroxylation is 6. The third kappa shape index (κ3) is 11.0. The highest BCUT2D eigenvalue weighted by atomic mass is 32.2. The Balaban J connectivity index is 0.000000247. The summed E-state index contributed by atoms with van der Waals surface area (Å²) in [6.45, 7) is 15.5. The number of aromatic nitrogens is 4. The predicted octanol–water partition coefficient (Wildman–Crippen LogP) is 3.37. The molecule has 236 valence electrons. The number of rotatable bonds is 8. The van der Waals surface area contributed by atoms with E-state index in [9.17, 15) is 16.8 Å². The molecule has 4 rings (SSSR count). The molecule has 43 heavy (non-hydrogen) atoms. The number of hydrogen-bond acceptors (Lipinski definition) is 5. The molecular formula is C30H44N4O7S2+2. The lowest BCUT2D eigenvalue weighted by molar-refractivity contribution is -0.759. The van der Waals surface area contributed by atoms with Crippen molar-refractivity contribution in [2.75, 3.05) is 13.2 Å². The summed E-state index contributed by atoms with van der Waals surface area (Å²) in [4.78, 5) is -0.133. The van der Waals surface area contributed by atoms with Crippen LogP contribution in [0.3, 0.4) is 0 Å². The monoisotopic (exact) mass is 636 g/mol. The van der Waals surface area contributed by atoms with Gasteiger partial charge >= 0.3 is 0 Å². The maximum Gasteiger partial charge on any atom is 0.294 e. The second-order valence-electron chi connectivity index (χ2n) is 10.3. The van der Waals surface area contributed by atoms with Crippen LogP contribution in [0.1, 0.15) is 33.9 Å². The highest BCUT2D eigenvalue weighted by Gasteiger charge is 2.14. The van der Waals surface area contributed by atoms with Gasteiger partial charge in [-0.15, -0.1) is 9.36 Å². The third-order valence-electron chi connectivity index (χ3n) is 6.93. The van der Waals surface area contributed by atoms with Gasteiger partial charge in [0.1, 0.15) is 13.1 Å². The van der Waals surface area contributed by atoms with Gasteiger partial charge in [-0.2, -0.15) is 26.2 Å². The van der Waals surface area contributed by atoms with Crippen LogP contribution in [0, 0.1) is 41.5 Å². The molecule has 0 saturated carbocycles. The molecule has 0 aliphatic carbocycles. The highest BCUT2D eigenvalue weighted by molar-refractivity contribution is 7.86. The van der Waals surface area contributed by atoms with Crippen LogP contribution in [0.25, 0.3) is 0 Å². The van der Waals surface area contributed by atoms with Crippen LogP contribution in [-0.4, -0.2) is 48.5 Å². The Morgan fingerprint density at radius 1 is 0.605 bits per heavy atom. The van der Waals surface area contributed by atoms with E-state index in [1.54, 1.807) is 24.3 Å². The minimum Gasteiger partial charge on any atom is -0.377 e. The molecule has 0 bridgehead atoms. The summed E-state index contributed by atoms with van der Waals surface area (Å²) in [7, 11) is -3.86.